The van der Waals surface area contributed by atoms with E-state index in [1.807, 2.05) is 24.3 Å². The molecule has 0 heterocycles. The van der Waals surface area contributed by atoms with E-state index in [4.69, 9.17) is 15.2 Å². The summed E-state index contributed by atoms with van der Waals surface area (Å²) in [6.45, 7) is 4.58. The molecule has 2 rings (SSSR count). The smallest absolute Gasteiger partial charge is 0.323 e. The highest BCUT2D eigenvalue weighted by Crippen LogP contribution is 2.25. The maximum absolute atomic E-state index is 11.9. The van der Waals surface area contributed by atoms with Gasteiger partial charge in [-0.05, 0) is 47.7 Å². The fourth-order valence-corrected chi connectivity index (χ4v) is 2.39. The Hall–Kier alpha value is -2.44. The van der Waals surface area contributed by atoms with E-state index >= 15 is 0 Å². The molecule has 2 aromatic rings. The number of ether oxygens (including phenoxy) is 2. The zero-order valence-electron chi connectivity index (χ0n) is 15.4. The van der Waals surface area contributed by atoms with Crippen LogP contribution in [0, 0.1) is 0 Å². The third kappa shape index (κ3) is 7.00. The minimum absolute atomic E-state index is 0. The topological polar surface area (TPSA) is 102 Å². The van der Waals surface area contributed by atoms with Crippen LogP contribution in [0.1, 0.15) is 30.9 Å². The van der Waals surface area contributed by atoms with Gasteiger partial charge < -0.3 is 25.4 Å². The summed E-state index contributed by atoms with van der Waals surface area (Å²) >= 11 is 0. The summed E-state index contributed by atoms with van der Waals surface area (Å²) in [5, 5.41) is 18.7. The molecule has 0 bridgehead atoms. The highest BCUT2D eigenvalue weighted by atomic mass is 35.5. The summed E-state index contributed by atoms with van der Waals surface area (Å²) in [7, 11) is 0. The third-order valence-corrected chi connectivity index (χ3v) is 3.94. The van der Waals surface area contributed by atoms with Crippen LogP contribution in [0.3, 0.4) is 0 Å². The van der Waals surface area contributed by atoms with Crippen molar-refractivity contribution < 1.29 is 24.5 Å². The first-order valence-electron chi connectivity index (χ1n) is 8.52. The summed E-state index contributed by atoms with van der Waals surface area (Å²) in [4.78, 5) is 11.9. The maximum Gasteiger partial charge on any atom is 0.323 e. The SMILES string of the molecule is CC(C)c1ccc(OCCOC(=O)[C@@H](N)Cc2ccc(O)c(O)c2)cc1.Cl. The van der Waals surface area contributed by atoms with Crippen LogP contribution in [0.4, 0.5) is 0 Å². The molecule has 0 saturated heterocycles. The van der Waals surface area contributed by atoms with E-state index < -0.39 is 12.0 Å². The van der Waals surface area contributed by atoms with E-state index in [1.54, 1.807) is 6.07 Å². The number of hydrogen-bond acceptors (Lipinski definition) is 6. The number of hydrogen-bond donors (Lipinski definition) is 3. The van der Waals surface area contributed by atoms with Crippen molar-refractivity contribution in [3.05, 3.63) is 53.6 Å². The molecule has 6 nitrogen and oxygen atoms in total. The van der Waals surface area contributed by atoms with E-state index in [9.17, 15) is 15.0 Å². The fourth-order valence-electron chi connectivity index (χ4n) is 2.39. The second kappa shape index (κ2) is 10.6. The molecule has 0 unspecified atom stereocenters. The summed E-state index contributed by atoms with van der Waals surface area (Å²) < 4.78 is 10.7. The molecule has 0 aliphatic rings. The molecule has 0 aromatic heterocycles. The van der Waals surface area contributed by atoms with E-state index in [0.29, 0.717) is 17.2 Å². The van der Waals surface area contributed by atoms with Gasteiger partial charge >= 0.3 is 5.97 Å². The first-order valence-corrected chi connectivity index (χ1v) is 8.52. The van der Waals surface area contributed by atoms with Crippen LogP contribution in [-0.2, 0) is 16.0 Å². The molecule has 7 heteroatoms. The van der Waals surface area contributed by atoms with Crippen LogP contribution >= 0.6 is 12.4 Å². The van der Waals surface area contributed by atoms with Crippen LogP contribution in [0.2, 0.25) is 0 Å². The third-order valence-electron chi connectivity index (χ3n) is 3.94. The Kier molecular flexibility index (Phi) is 8.91. The van der Waals surface area contributed by atoms with E-state index in [2.05, 4.69) is 13.8 Å². The second-order valence-corrected chi connectivity index (χ2v) is 6.37. The summed E-state index contributed by atoms with van der Waals surface area (Å²) in [6, 6.07) is 11.2. The quantitative estimate of drug-likeness (QED) is 0.360. The Balaban J connectivity index is 0.00000364. The number of benzene rings is 2. The first kappa shape index (κ1) is 22.6. The summed E-state index contributed by atoms with van der Waals surface area (Å²) in [5.74, 6) is 0.163. The minimum atomic E-state index is -0.857. The molecule has 0 spiro atoms. The zero-order valence-corrected chi connectivity index (χ0v) is 16.2. The lowest BCUT2D eigenvalue weighted by Crippen LogP contribution is -2.35. The minimum Gasteiger partial charge on any atom is -0.504 e. The highest BCUT2D eigenvalue weighted by Gasteiger charge is 2.16. The molecule has 0 saturated carbocycles. The number of aromatic hydroxyl groups is 2. The molecule has 0 aliphatic carbocycles. The lowest BCUT2D eigenvalue weighted by molar-refractivity contribution is -0.145. The monoisotopic (exact) mass is 395 g/mol. The van der Waals surface area contributed by atoms with Crippen LogP contribution < -0.4 is 10.5 Å². The average Bonchev–Trinajstić information content (AvgIpc) is 2.62. The van der Waals surface area contributed by atoms with Gasteiger partial charge in [0.15, 0.2) is 11.5 Å². The van der Waals surface area contributed by atoms with Gasteiger partial charge in [0.05, 0.1) is 0 Å². The number of halogens is 1. The predicted molar refractivity (Wildman–Crippen MR) is 106 cm³/mol. The van der Waals surface area contributed by atoms with Crippen molar-refractivity contribution in [3.63, 3.8) is 0 Å². The zero-order chi connectivity index (χ0) is 19.1. The molecular weight excluding hydrogens is 370 g/mol. The average molecular weight is 396 g/mol. The van der Waals surface area contributed by atoms with Crippen molar-refractivity contribution in [2.24, 2.45) is 5.73 Å². The van der Waals surface area contributed by atoms with Crippen LogP contribution in [0.5, 0.6) is 17.2 Å². The Bertz CT molecular complexity index is 734. The van der Waals surface area contributed by atoms with Crippen LogP contribution in [-0.4, -0.2) is 35.4 Å². The van der Waals surface area contributed by atoms with Crippen molar-refractivity contribution in [2.45, 2.75) is 32.2 Å². The van der Waals surface area contributed by atoms with Crippen LogP contribution in [0.25, 0.3) is 0 Å². The van der Waals surface area contributed by atoms with Crippen LogP contribution in [0.15, 0.2) is 42.5 Å². The molecule has 2 aromatic carbocycles. The maximum atomic E-state index is 11.9. The van der Waals surface area contributed by atoms with Crippen molar-refractivity contribution in [1.82, 2.24) is 0 Å². The lowest BCUT2D eigenvalue weighted by atomic mass is 10.0. The molecule has 0 aliphatic heterocycles. The van der Waals surface area contributed by atoms with Gasteiger partial charge in [0.1, 0.15) is 25.0 Å². The number of phenols is 2. The van der Waals surface area contributed by atoms with Crippen molar-refractivity contribution in [1.29, 1.82) is 0 Å². The first-order chi connectivity index (χ1) is 12.4. The number of nitrogens with two attached hydrogens (primary N) is 1. The molecule has 148 valence electrons. The summed E-state index contributed by atoms with van der Waals surface area (Å²) in [5.41, 5.74) is 7.68. The molecule has 0 fully saturated rings. The number of carbonyl (C=O) groups is 1. The molecule has 0 radical (unpaired) electrons. The molecule has 1 atom stereocenters. The molecule has 0 amide bonds. The normalized spacial score (nSPS) is 11.6. The van der Waals surface area contributed by atoms with E-state index in [-0.39, 0.29) is 43.5 Å². The van der Waals surface area contributed by atoms with Gasteiger partial charge in [0.2, 0.25) is 0 Å². The number of esters is 1. The summed E-state index contributed by atoms with van der Waals surface area (Å²) in [6.07, 6.45) is 0.199. The van der Waals surface area contributed by atoms with Crippen molar-refractivity contribution in [2.75, 3.05) is 13.2 Å². The van der Waals surface area contributed by atoms with Gasteiger partial charge in [-0.15, -0.1) is 12.4 Å². The van der Waals surface area contributed by atoms with Gasteiger partial charge in [0, 0.05) is 0 Å². The number of carbonyl (C=O) groups excluding carboxylic acids is 1. The second-order valence-electron chi connectivity index (χ2n) is 6.37. The van der Waals surface area contributed by atoms with Gasteiger partial charge in [-0.1, -0.05) is 32.0 Å². The fraction of sp³-hybridized carbons (Fsp3) is 0.350. The lowest BCUT2D eigenvalue weighted by Gasteiger charge is -2.13. The van der Waals surface area contributed by atoms with E-state index in [1.165, 1.54) is 17.7 Å². The molecule has 27 heavy (non-hydrogen) atoms. The van der Waals surface area contributed by atoms with Crippen molar-refractivity contribution >= 4 is 18.4 Å². The molecular formula is C20H26ClNO5. The highest BCUT2D eigenvalue weighted by molar-refractivity contribution is 5.85. The Morgan fingerprint density at radius 1 is 1.04 bits per heavy atom. The van der Waals surface area contributed by atoms with Crippen molar-refractivity contribution in [3.8, 4) is 17.2 Å². The largest absolute Gasteiger partial charge is 0.504 e. The predicted octanol–water partition coefficient (Wildman–Crippen LogP) is 3.14. The molecule has 4 N–H and O–H groups in total. The standard InChI is InChI=1S/C20H25NO5.ClH/c1-13(2)15-4-6-16(7-5-15)25-9-10-26-20(24)17(21)11-14-3-8-18(22)19(23)12-14;/h3-8,12-13,17,22-23H,9-11,21H2,1-2H3;1H/t17-;/m0./s1. The Morgan fingerprint density at radius 2 is 1.70 bits per heavy atom. The number of rotatable bonds is 8. The van der Waals surface area contributed by atoms with Gasteiger partial charge in [-0.3, -0.25) is 4.79 Å². The van der Waals surface area contributed by atoms with Gasteiger partial charge in [0.25, 0.3) is 0 Å². The number of phenolic OH excluding ortho intramolecular Hbond substituents is 2. The van der Waals surface area contributed by atoms with Gasteiger partial charge in [-0.25, -0.2) is 0 Å². The van der Waals surface area contributed by atoms with E-state index in [0.717, 1.165) is 0 Å². The Labute approximate surface area is 165 Å². The van der Waals surface area contributed by atoms with Gasteiger partial charge in [-0.2, -0.15) is 0 Å². The Morgan fingerprint density at radius 3 is 2.30 bits per heavy atom.